The van der Waals surface area contributed by atoms with Gasteiger partial charge in [-0.25, -0.2) is 18.1 Å². The molecular formula is C15H14ClN3O2S2. The van der Waals surface area contributed by atoms with E-state index in [1.165, 1.54) is 6.07 Å². The highest BCUT2D eigenvalue weighted by Gasteiger charge is 2.20. The molecule has 23 heavy (non-hydrogen) atoms. The van der Waals surface area contributed by atoms with Crippen LogP contribution in [0.5, 0.6) is 0 Å². The molecule has 0 saturated heterocycles. The molecule has 0 saturated carbocycles. The average molecular weight is 368 g/mol. The van der Waals surface area contributed by atoms with Gasteiger partial charge in [0.05, 0.1) is 10.7 Å². The topological polar surface area (TPSA) is 64.0 Å². The molecule has 0 amide bonds. The van der Waals surface area contributed by atoms with Crippen molar-refractivity contribution in [3.05, 3.63) is 65.0 Å². The van der Waals surface area contributed by atoms with Crippen molar-refractivity contribution in [1.29, 1.82) is 0 Å². The minimum atomic E-state index is -3.57. The first kappa shape index (κ1) is 16.2. The molecule has 0 fully saturated rings. The summed E-state index contributed by atoms with van der Waals surface area (Å²) in [5.74, 6) is 0. The molecule has 120 valence electrons. The van der Waals surface area contributed by atoms with Crippen LogP contribution in [-0.2, 0) is 10.0 Å². The van der Waals surface area contributed by atoms with Crippen molar-refractivity contribution in [2.45, 2.75) is 17.2 Å². The van der Waals surface area contributed by atoms with Crippen LogP contribution in [-0.4, -0.2) is 18.0 Å². The SMILES string of the molecule is C[C@H](NS(=O)(=O)c1ccc(Cl)s1)c1ccc(-n2ccnc2)cc1. The lowest BCUT2D eigenvalue weighted by molar-refractivity contribution is 0.569. The predicted octanol–water partition coefficient (Wildman–Crippen LogP) is 3.63. The summed E-state index contributed by atoms with van der Waals surface area (Å²) in [5.41, 5.74) is 1.84. The van der Waals surface area contributed by atoms with Crippen LogP contribution in [0.2, 0.25) is 4.34 Å². The monoisotopic (exact) mass is 367 g/mol. The van der Waals surface area contributed by atoms with Crippen molar-refractivity contribution in [2.24, 2.45) is 0 Å². The Balaban J connectivity index is 1.77. The van der Waals surface area contributed by atoms with E-state index in [1.54, 1.807) is 25.5 Å². The van der Waals surface area contributed by atoms with Crippen LogP contribution in [0, 0.1) is 0 Å². The minimum Gasteiger partial charge on any atom is -0.306 e. The number of rotatable bonds is 5. The molecule has 0 aliphatic carbocycles. The second kappa shape index (κ2) is 6.45. The van der Waals surface area contributed by atoms with E-state index in [4.69, 9.17) is 11.6 Å². The highest BCUT2D eigenvalue weighted by atomic mass is 35.5. The Morgan fingerprint density at radius 2 is 1.96 bits per heavy atom. The molecule has 3 aromatic rings. The number of sulfonamides is 1. The quantitative estimate of drug-likeness (QED) is 0.749. The van der Waals surface area contributed by atoms with Gasteiger partial charge in [-0.2, -0.15) is 0 Å². The van der Waals surface area contributed by atoms with Crippen molar-refractivity contribution >= 4 is 33.0 Å². The number of aromatic nitrogens is 2. The van der Waals surface area contributed by atoms with Crippen LogP contribution in [0.1, 0.15) is 18.5 Å². The van der Waals surface area contributed by atoms with E-state index in [0.29, 0.717) is 4.34 Å². The van der Waals surface area contributed by atoms with Crippen molar-refractivity contribution in [3.63, 3.8) is 0 Å². The summed E-state index contributed by atoms with van der Waals surface area (Å²) in [4.78, 5) is 4.00. The second-order valence-electron chi connectivity index (χ2n) is 4.96. The van der Waals surface area contributed by atoms with Gasteiger partial charge in [0, 0.05) is 24.1 Å². The minimum absolute atomic E-state index is 0.212. The fraction of sp³-hybridized carbons (Fsp3) is 0.133. The normalized spacial score (nSPS) is 13.1. The van der Waals surface area contributed by atoms with Crippen molar-refractivity contribution in [3.8, 4) is 5.69 Å². The van der Waals surface area contributed by atoms with Crippen molar-refractivity contribution < 1.29 is 8.42 Å². The smallest absolute Gasteiger partial charge is 0.250 e. The van der Waals surface area contributed by atoms with Gasteiger partial charge in [-0.15, -0.1) is 11.3 Å². The third-order valence-corrected chi connectivity index (χ3v) is 6.60. The summed E-state index contributed by atoms with van der Waals surface area (Å²) in [5, 5.41) is 0. The van der Waals surface area contributed by atoms with E-state index >= 15 is 0 Å². The van der Waals surface area contributed by atoms with E-state index in [0.717, 1.165) is 22.6 Å². The van der Waals surface area contributed by atoms with Crippen LogP contribution < -0.4 is 4.72 Å². The Labute approximate surface area is 143 Å². The molecule has 1 N–H and O–H groups in total. The Morgan fingerprint density at radius 1 is 1.22 bits per heavy atom. The first-order chi connectivity index (χ1) is 11.0. The van der Waals surface area contributed by atoms with Crippen molar-refractivity contribution in [2.75, 3.05) is 0 Å². The number of imidazole rings is 1. The molecule has 0 aliphatic heterocycles. The molecule has 1 aromatic carbocycles. The number of hydrogen-bond acceptors (Lipinski definition) is 4. The summed E-state index contributed by atoms with van der Waals surface area (Å²) in [6, 6.07) is 10.4. The summed E-state index contributed by atoms with van der Waals surface area (Å²) < 4.78 is 29.8. The Kier molecular flexibility index (Phi) is 4.54. The van der Waals surface area contributed by atoms with Gasteiger partial charge in [0.1, 0.15) is 4.21 Å². The lowest BCUT2D eigenvalue weighted by atomic mass is 10.1. The zero-order valence-electron chi connectivity index (χ0n) is 12.2. The van der Waals surface area contributed by atoms with Crippen LogP contribution in [0.4, 0.5) is 0 Å². The van der Waals surface area contributed by atoms with E-state index in [1.807, 2.05) is 35.0 Å². The van der Waals surface area contributed by atoms with Crippen LogP contribution in [0.15, 0.2) is 59.3 Å². The van der Waals surface area contributed by atoms with E-state index in [-0.39, 0.29) is 10.3 Å². The van der Waals surface area contributed by atoms with Crippen molar-refractivity contribution in [1.82, 2.24) is 14.3 Å². The van der Waals surface area contributed by atoms with E-state index < -0.39 is 10.0 Å². The van der Waals surface area contributed by atoms with Gasteiger partial charge >= 0.3 is 0 Å². The third-order valence-electron chi connectivity index (χ3n) is 3.34. The number of nitrogens with one attached hydrogen (secondary N) is 1. The summed E-state index contributed by atoms with van der Waals surface area (Å²) >= 11 is 6.84. The molecule has 0 aliphatic rings. The molecule has 0 unspecified atom stereocenters. The summed E-state index contributed by atoms with van der Waals surface area (Å²) in [6.07, 6.45) is 5.26. The van der Waals surface area contributed by atoms with Gasteiger partial charge in [0.25, 0.3) is 10.0 Å². The van der Waals surface area contributed by atoms with Gasteiger partial charge in [-0.1, -0.05) is 23.7 Å². The molecule has 0 radical (unpaired) electrons. The largest absolute Gasteiger partial charge is 0.306 e. The molecule has 1 atom stereocenters. The number of halogens is 1. The van der Waals surface area contributed by atoms with Crippen LogP contribution in [0.25, 0.3) is 5.69 Å². The standard InChI is InChI=1S/C15H14ClN3O2S2/c1-11(18-23(20,21)15-7-6-14(16)22-15)12-2-4-13(5-3-12)19-9-8-17-10-19/h2-11,18H,1H3/t11-/m0/s1. The summed E-state index contributed by atoms with van der Waals surface area (Å²) in [6.45, 7) is 1.80. The Bertz CT molecular complexity index is 887. The number of nitrogens with zero attached hydrogens (tertiary/aromatic N) is 2. The van der Waals surface area contributed by atoms with E-state index in [2.05, 4.69) is 9.71 Å². The van der Waals surface area contributed by atoms with Gasteiger partial charge in [-0.05, 0) is 36.8 Å². The zero-order valence-corrected chi connectivity index (χ0v) is 14.6. The Morgan fingerprint density at radius 3 is 2.52 bits per heavy atom. The maximum Gasteiger partial charge on any atom is 0.250 e. The summed E-state index contributed by atoms with van der Waals surface area (Å²) in [7, 11) is -3.57. The fourth-order valence-corrected chi connectivity index (χ4v) is 4.88. The van der Waals surface area contributed by atoms with E-state index in [9.17, 15) is 8.42 Å². The highest BCUT2D eigenvalue weighted by Crippen LogP contribution is 2.27. The molecule has 0 bridgehead atoms. The molecule has 2 heterocycles. The van der Waals surface area contributed by atoms with Gasteiger partial charge < -0.3 is 4.57 Å². The molecule has 5 nitrogen and oxygen atoms in total. The average Bonchev–Trinajstić information content (AvgIpc) is 3.18. The Hall–Kier alpha value is -1.67. The number of hydrogen-bond donors (Lipinski definition) is 1. The fourth-order valence-electron chi connectivity index (χ4n) is 2.15. The maximum atomic E-state index is 12.3. The van der Waals surface area contributed by atoms with Gasteiger partial charge in [-0.3, -0.25) is 0 Å². The maximum absolute atomic E-state index is 12.3. The van der Waals surface area contributed by atoms with Gasteiger partial charge in [0.2, 0.25) is 0 Å². The lowest BCUT2D eigenvalue weighted by Gasteiger charge is -2.14. The molecular weight excluding hydrogens is 354 g/mol. The number of benzene rings is 1. The van der Waals surface area contributed by atoms with Gasteiger partial charge in [0.15, 0.2) is 0 Å². The molecule has 0 spiro atoms. The molecule has 3 rings (SSSR count). The van der Waals surface area contributed by atoms with Crippen LogP contribution in [0.3, 0.4) is 0 Å². The second-order valence-corrected chi connectivity index (χ2v) is 8.62. The molecule has 8 heteroatoms. The zero-order chi connectivity index (χ0) is 16.4. The first-order valence-corrected chi connectivity index (χ1v) is 9.49. The molecule has 2 aromatic heterocycles. The predicted molar refractivity (Wildman–Crippen MR) is 91.6 cm³/mol. The van der Waals surface area contributed by atoms with Crippen LogP contribution >= 0.6 is 22.9 Å². The lowest BCUT2D eigenvalue weighted by Crippen LogP contribution is -2.26. The third kappa shape index (κ3) is 3.64. The number of thiophene rings is 1. The first-order valence-electron chi connectivity index (χ1n) is 6.82. The highest BCUT2D eigenvalue weighted by molar-refractivity contribution is 7.91.